The summed E-state index contributed by atoms with van der Waals surface area (Å²) in [5.41, 5.74) is 0. The van der Waals surface area contributed by atoms with Crippen LogP contribution >= 0.6 is 23.7 Å². The Morgan fingerprint density at radius 3 is 1.17 bits per heavy atom. The zero-order valence-corrected chi connectivity index (χ0v) is 3.98. The first kappa shape index (κ1) is 9.65. The van der Waals surface area contributed by atoms with Crippen LogP contribution in [0.1, 0.15) is 0 Å². The summed E-state index contributed by atoms with van der Waals surface area (Å²) in [7, 11) is 0. The van der Waals surface area contributed by atoms with E-state index in [1.54, 1.807) is 0 Å². The van der Waals surface area contributed by atoms with Gasteiger partial charge in [-0.2, -0.15) is 3.84 Å². The third kappa shape index (κ3) is 293. The lowest BCUT2D eigenvalue weighted by atomic mass is 14.6. The zero-order chi connectivity index (χ0) is 5.41. The monoisotopic (exact) mass is 136 g/mol. The summed E-state index contributed by atoms with van der Waals surface area (Å²) < 4.78 is 3.19. The van der Waals surface area contributed by atoms with Crippen LogP contribution in [0.5, 0.6) is 0 Å². The van der Waals surface area contributed by atoms with E-state index in [0.717, 1.165) is 0 Å². The molecule has 0 aliphatic rings. The molecule has 0 bridgehead atoms. The Morgan fingerprint density at radius 1 is 1.17 bits per heavy atom. The molecule has 0 heterocycles. The predicted molar refractivity (Wildman–Crippen MR) is 19.1 cm³/mol. The fourth-order valence-corrected chi connectivity index (χ4v) is 0. The topological polar surface area (TPSA) is 58.9 Å². The van der Waals surface area contributed by atoms with Gasteiger partial charge in [0.15, 0.2) is 0 Å². The van der Waals surface area contributed by atoms with Crippen molar-refractivity contribution in [3.05, 3.63) is 0 Å². The number of hydrogen-bond donors (Lipinski definition) is 2. The van der Waals surface area contributed by atoms with Crippen LogP contribution in [-0.2, 0) is 8.88 Å². The first-order valence-electron chi connectivity index (χ1n) is 0.674. The van der Waals surface area contributed by atoms with Gasteiger partial charge in [0.2, 0.25) is 0 Å². The molecule has 6 heteroatoms. The zero-order valence-electron chi connectivity index (χ0n) is 2.47. The van der Waals surface area contributed by atoms with Crippen LogP contribution in [0, 0.1) is 0 Å². The molecule has 0 atom stereocenters. The average Bonchev–Trinajstić information content (AvgIpc) is 1.39. The maximum absolute atomic E-state index is 6.62. The lowest BCUT2D eigenvalue weighted by molar-refractivity contribution is -0.465. The summed E-state index contributed by atoms with van der Waals surface area (Å²) >= 11 is 8.53. The van der Waals surface area contributed by atoms with Crippen LogP contribution in [0.3, 0.4) is 0 Å². The Hall–Kier alpha value is 0.420. The molecule has 0 unspecified atom stereocenters. The minimum Gasteiger partial charge on any atom is -0.221 e. The van der Waals surface area contributed by atoms with Gasteiger partial charge in [-0.3, -0.25) is 0 Å². The molecule has 0 aliphatic carbocycles. The maximum atomic E-state index is 6.62. The maximum Gasteiger partial charge on any atom is 0.0832 e. The minimum absolute atomic E-state index is 2.25. The van der Waals surface area contributed by atoms with Crippen LogP contribution < -0.4 is 0 Å². The van der Waals surface area contributed by atoms with Crippen LogP contribution in [-0.4, -0.2) is 10.5 Å². The quantitative estimate of drug-likeness (QED) is 0.389. The van der Waals surface area contributed by atoms with Crippen molar-refractivity contribution in [2.75, 3.05) is 0 Å². The van der Waals surface area contributed by atoms with Crippen molar-refractivity contribution in [3.63, 3.8) is 0 Å². The van der Waals surface area contributed by atoms with E-state index in [2.05, 4.69) is 32.6 Å². The number of hydrogen-bond acceptors (Lipinski definition) is 4. The highest BCUT2D eigenvalue weighted by Gasteiger charge is 1.38. The van der Waals surface area contributed by atoms with Gasteiger partial charge in [0.05, 0.1) is 23.7 Å². The van der Waals surface area contributed by atoms with E-state index in [-0.39, 0.29) is 0 Å². The Balaban J connectivity index is 0. The summed E-state index contributed by atoms with van der Waals surface area (Å²) in [6.45, 7) is 0. The fourth-order valence-electron chi connectivity index (χ4n) is 0. The highest BCUT2D eigenvalue weighted by molar-refractivity contribution is 6.24. The molecular formula is H2Cl2O4. The summed E-state index contributed by atoms with van der Waals surface area (Å²) in [4.78, 5) is 0. The second-order valence-corrected chi connectivity index (χ2v) is 0.607. The van der Waals surface area contributed by atoms with Crippen molar-refractivity contribution in [2.45, 2.75) is 0 Å². The highest BCUT2D eigenvalue weighted by Crippen LogP contribution is 1.78. The molecule has 40 valence electrons. The lowest BCUT2D eigenvalue weighted by Crippen LogP contribution is -1.60. The van der Waals surface area contributed by atoms with Gasteiger partial charge in [0.25, 0.3) is 0 Å². The Labute approximate surface area is 44.0 Å². The second kappa shape index (κ2) is 18.1. The largest absolute Gasteiger partial charge is 0.221 e. The highest BCUT2D eigenvalue weighted by atomic mass is 35.6. The fraction of sp³-hybridized carbons (Fsp3) is 0. The van der Waals surface area contributed by atoms with Gasteiger partial charge in [-0.25, -0.2) is 10.5 Å². The van der Waals surface area contributed by atoms with E-state index >= 15 is 0 Å². The molecule has 0 radical (unpaired) electrons. The Kier molecular flexibility index (Phi) is 29.1. The van der Waals surface area contributed by atoms with Crippen molar-refractivity contribution in [2.24, 2.45) is 0 Å². The van der Waals surface area contributed by atoms with E-state index in [4.69, 9.17) is 10.5 Å². The van der Waals surface area contributed by atoms with Crippen LogP contribution in [0.2, 0.25) is 0 Å². The standard InChI is InChI=1S/Cl2O.H2O3/c2*1-3-2/h;1-2H. The van der Waals surface area contributed by atoms with Gasteiger partial charge >= 0.3 is 0 Å². The molecule has 0 saturated heterocycles. The van der Waals surface area contributed by atoms with Crippen molar-refractivity contribution in [3.8, 4) is 0 Å². The summed E-state index contributed by atoms with van der Waals surface area (Å²) in [5.74, 6) is 0. The molecule has 0 rings (SSSR count). The molecule has 0 aromatic rings. The molecule has 0 saturated carbocycles. The molecule has 0 amide bonds. The molecule has 0 fully saturated rings. The molecule has 0 spiro atoms. The molecule has 0 aromatic carbocycles. The van der Waals surface area contributed by atoms with Gasteiger partial charge in [-0.1, -0.05) is 5.04 Å². The first-order valence-corrected chi connectivity index (χ1v) is 1.29. The van der Waals surface area contributed by atoms with Crippen LogP contribution in [0.25, 0.3) is 0 Å². The van der Waals surface area contributed by atoms with E-state index in [1.165, 1.54) is 0 Å². The van der Waals surface area contributed by atoms with Gasteiger partial charge < -0.3 is 0 Å². The molecule has 6 heavy (non-hydrogen) atoms. The van der Waals surface area contributed by atoms with Crippen LogP contribution in [0.4, 0.5) is 0 Å². The SMILES string of the molecule is ClOCl.OOO. The number of rotatable bonds is 0. The number of halogens is 2. The minimum atomic E-state index is 2.25. The summed E-state index contributed by atoms with van der Waals surface area (Å²) in [5, 5.41) is 15.5. The van der Waals surface area contributed by atoms with Crippen molar-refractivity contribution < 1.29 is 19.4 Å². The summed E-state index contributed by atoms with van der Waals surface area (Å²) in [6.07, 6.45) is 0. The molecule has 0 aliphatic heterocycles. The molecule has 0 aromatic heterocycles. The molecule has 4 nitrogen and oxygen atoms in total. The van der Waals surface area contributed by atoms with E-state index < -0.39 is 0 Å². The van der Waals surface area contributed by atoms with E-state index in [9.17, 15) is 0 Å². The van der Waals surface area contributed by atoms with Gasteiger partial charge in [-0.05, 0) is 0 Å². The molecular weight excluding hydrogens is 135 g/mol. The van der Waals surface area contributed by atoms with Crippen LogP contribution in [0.15, 0.2) is 0 Å². The average molecular weight is 137 g/mol. The molecule has 2 N–H and O–H groups in total. The summed E-state index contributed by atoms with van der Waals surface area (Å²) in [6, 6.07) is 0. The van der Waals surface area contributed by atoms with E-state index in [1.807, 2.05) is 0 Å². The first-order chi connectivity index (χ1) is 2.83. The van der Waals surface area contributed by atoms with Crippen molar-refractivity contribution >= 4 is 23.7 Å². The Morgan fingerprint density at radius 2 is 1.17 bits per heavy atom. The van der Waals surface area contributed by atoms with Gasteiger partial charge in [0, 0.05) is 0 Å². The second-order valence-electron chi connectivity index (χ2n) is 0.140. The van der Waals surface area contributed by atoms with Crippen molar-refractivity contribution in [1.29, 1.82) is 0 Å². The van der Waals surface area contributed by atoms with Crippen molar-refractivity contribution in [1.82, 2.24) is 0 Å². The van der Waals surface area contributed by atoms with E-state index in [0.29, 0.717) is 0 Å². The van der Waals surface area contributed by atoms with Gasteiger partial charge in [0.1, 0.15) is 0 Å². The smallest absolute Gasteiger partial charge is 0.0832 e. The normalized spacial score (nSPS) is 6.00. The predicted octanol–water partition coefficient (Wildman–Crippen LogP) is 1.26. The Bertz CT molecular complexity index is 7.51. The third-order valence-corrected chi connectivity index (χ3v) is 0. The van der Waals surface area contributed by atoms with Gasteiger partial charge in [-0.15, -0.1) is 0 Å². The lowest BCUT2D eigenvalue weighted by Gasteiger charge is -1.56. The third-order valence-electron chi connectivity index (χ3n) is 0.